The van der Waals surface area contributed by atoms with E-state index in [0.29, 0.717) is 6.42 Å². The molecule has 216 valence electrons. The van der Waals surface area contributed by atoms with Crippen molar-refractivity contribution in [2.45, 2.75) is 96.1 Å². The standard InChI is InChI=1S/C30H42N4O4SSi/c1-7-23(39(35,36)37)17-21-16-22(18-27(21)38-40(5,6)30(2,3)4)34-15-14-25-28(31-19-32-29(25)34)33-26-13-12-20-10-8-9-11-24(20)26/h8-11,14-15,17,19,21-22,26-27H,7,12-13,16,18H2,1-6H3,(H,31,32,33)(H,35,36,37)/t21-,22+,26-,27-/m0/s1. The van der Waals surface area contributed by atoms with Crippen LogP contribution in [0.25, 0.3) is 11.0 Å². The highest BCUT2D eigenvalue weighted by atomic mass is 32.2. The second kappa shape index (κ2) is 10.7. The monoisotopic (exact) mass is 582 g/mol. The number of allylic oxidation sites excluding steroid dienone is 1. The molecule has 4 atom stereocenters. The van der Waals surface area contributed by atoms with Gasteiger partial charge in [0.15, 0.2) is 8.32 Å². The van der Waals surface area contributed by atoms with Crippen LogP contribution < -0.4 is 5.32 Å². The Balaban J connectivity index is 1.46. The van der Waals surface area contributed by atoms with Gasteiger partial charge in [-0.15, -0.1) is 0 Å². The Morgan fingerprint density at radius 1 is 1.20 bits per heavy atom. The molecule has 1 saturated carbocycles. The normalized spacial score (nSPS) is 24.0. The summed E-state index contributed by atoms with van der Waals surface area (Å²) in [6, 6.07) is 10.9. The number of benzene rings is 1. The molecule has 0 amide bonds. The Labute approximate surface area is 239 Å². The van der Waals surface area contributed by atoms with Crippen molar-refractivity contribution in [1.82, 2.24) is 14.5 Å². The molecule has 0 saturated heterocycles. The number of aromatic nitrogens is 3. The maximum Gasteiger partial charge on any atom is 0.290 e. The van der Waals surface area contributed by atoms with Crippen molar-refractivity contribution < 1.29 is 17.4 Å². The Hall–Kier alpha value is -2.53. The van der Waals surface area contributed by atoms with E-state index < -0.39 is 18.4 Å². The lowest BCUT2D eigenvalue weighted by Gasteiger charge is -2.39. The molecule has 2 N–H and O–H groups in total. The highest BCUT2D eigenvalue weighted by molar-refractivity contribution is 7.89. The average Bonchev–Trinajstić information content (AvgIpc) is 3.58. The average molecular weight is 583 g/mol. The van der Waals surface area contributed by atoms with E-state index in [1.54, 1.807) is 19.3 Å². The summed E-state index contributed by atoms with van der Waals surface area (Å²) in [6.07, 6.45) is 9.03. The number of anilines is 1. The summed E-state index contributed by atoms with van der Waals surface area (Å²) in [4.78, 5) is 9.34. The molecule has 8 nitrogen and oxygen atoms in total. The predicted molar refractivity (Wildman–Crippen MR) is 162 cm³/mol. The van der Waals surface area contributed by atoms with Gasteiger partial charge in [-0.25, -0.2) is 9.97 Å². The first-order valence-electron chi connectivity index (χ1n) is 14.3. The first kappa shape index (κ1) is 29.0. The fourth-order valence-electron chi connectivity index (χ4n) is 5.98. The van der Waals surface area contributed by atoms with Gasteiger partial charge in [0.05, 0.1) is 22.4 Å². The number of fused-ring (bicyclic) bond motifs is 2. The smallest absolute Gasteiger partial charge is 0.290 e. The molecule has 5 rings (SSSR count). The van der Waals surface area contributed by atoms with Crippen LogP contribution in [0, 0.1) is 5.92 Å². The lowest BCUT2D eigenvalue weighted by atomic mass is 10.0. The van der Waals surface area contributed by atoms with Gasteiger partial charge in [-0.3, -0.25) is 4.55 Å². The van der Waals surface area contributed by atoms with Crippen molar-refractivity contribution in [1.29, 1.82) is 0 Å². The number of nitrogens with zero attached hydrogens (tertiary/aromatic N) is 3. The van der Waals surface area contributed by atoms with E-state index in [1.165, 1.54) is 11.1 Å². The molecule has 3 aromatic rings. The Bertz CT molecular complexity index is 1530. The van der Waals surface area contributed by atoms with Crippen molar-refractivity contribution in [3.63, 3.8) is 0 Å². The van der Waals surface area contributed by atoms with E-state index in [1.807, 2.05) is 0 Å². The molecule has 2 heterocycles. The van der Waals surface area contributed by atoms with Gasteiger partial charge in [-0.2, -0.15) is 8.42 Å². The van der Waals surface area contributed by atoms with Gasteiger partial charge in [0.2, 0.25) is 0 Å². The van der Waals surface area contributed by atoms with Crippen molar-refractivity contribution >= 4 is 35.3 Å². The molecule has 2 aliphatic rings. The second-order valence-electron chi connectivity index (χ2n) is 12.8. The van der Waals surface area contributed by atoms with Gasteiger partial charge >= 0.3 is 0 Å². The second-order valence-corrected chi connectivity index (χ2v) is 19.0. The highest BCUT2D eigenvalue weighted by Gasteiger charge is 2.44. The maximum atomic E-state index is 12.1. The van der Waals surface area contributed by atoms with Gasteiger partial charge < -0.3 is 14.3 Å². The van der Waals surface area contributed by atoms with Crippen molar-refractivity contribution in [2.75, 3.05) is 5.32 Å². The molecule has 10 heteroatoms. The molecule has 0 radical (unpaired) electrons. The Kier molecular flexibility index (Phi) is 7.75. The summed E-state index contributed by atoms with van der Waals surface area (Å²) in [5.74, 6) is 0.691. The zero-order valence-electron chi connectivity index (χ0n) is 24.4. The predicted octanol–water partition coefficient (Wildman–Crippen LogP) is 7.05. The molecule has 2 aromatic heterocycles. The molecule has 1 aromatic carbocycles. The zero-order valence-corrected chi connectivity index (χ0v) is 26.2. The minimum atomic E-state index is -4.26. The van der Waals surface area contributed by atoms with Crippen LogP contribution in [0.4, 0.5) is 5.82 Å². The molecule has 0 aliphatic heterocycles. The third kappa shape index (κ3) is 5.64. The topological polar surface area (TPSA) is 106 Å². The summed E-state index contributed by atoms with van der Waals surface area (Å²) in [5, 5.41) is 4.66. The summed E-state index contributed by atoms with van der Waals surface area (Å²) in [7, 11) is -6.39. The maximum absolute atomic E-state index is 12.1. The molecule has 0 spiro atoms. The molecule has 0 bridgehead atoms. The van der Waals surface area contributed by atoms with Crippen LogP contribution in [-0.4, -0.2) is 41.9 Å². The Morgan fingerprint density at radius 3 is 2.65 bits per heavy atom. The third-order valence-electron chi connectivity index (χ3n) is 9.20. The number of hydrogen-bond donors (Lipinski definition) is 2. The van der Waals surface area contributed by atoms with Gasteiger partial charge in [0.1, 0.15) is 17.8 Å². The molecule has 0 unspecified atom stereocenters. The SMILES string of the molecule is CCC(=C[C@@H]1C[C@@H](n2ccc3c(N[C@H]4CCc5ccccc54)ncnc32)C[C@@H]1O[Si](C)(C)C(C)(C)C)S(=O)(=O)O. The van der Waals surface area contributed by atoms with Crippen LogP contribution in [-0.2, 0) is 21.0 Å². The van der Waals surface area contributed by atoms with Crippen molar-refractivity contribution in [3.8, 4) is 0 Å². The van der Waals surface area contributed by atoms with Gasteiger partial charge in [0.25, 0.3) is 10.1 Å². The van der Waals surface area contributed by atoms with Crippen LogP contribution in [0.15, 0.2) is 53.8 Å². The number of rotatable bonds is 8. The summed E-state index contributed by atoms with van der Waals surface area (Å²) >= 11 is 0. The summed E-state index contributed by atoms with van der Waals surface area (Å²) in [6.45, 7) is 12.8. The lowest BCUT2D eigenvalue weighted by Crippen LogP contribution is -2.44. The van der Waals surface area contributed by atoms with E-state index in [-0.39, 0.29) is 40.5 Å². The Morgan fingerprint density at radius 2 is 1.95 bits per heavy atom. The first-order chi connectivity index (χ1) is 18.8. The fraction of sp³-hybridized carbons (Fsp3) is 0.533. The van der Waals surface area contributed by atoms with Crippen molar-refractivity contribution in [3.05, 3.63) is 65.0 Å². The zero-order chi connectivity index (χ0) is 28.9. The molecular weight excluding hydrogens is 541 g/mol. The van der Waals surface area contributed by atoms with Crippen molar-refractivity contribution in [2.24, 2.45) is 5.92 Å². The van der Waals surface area contributed by atoms with E-state index >= 15 is 0 Å². The number of aryl methyl sites for hydroxylation is 1. The molecule has 2 aliphatic carbocycles. The molecule has 40 heavy (non-hydrogen) atoms. The quantitative estimate of drug-likeness (QED) is 0.216. The third-order valence-corrected chi connectivity index (χ3v) is 14.8. The fourth-order valence-corrected chi connectivity index (χ4v) is 8.07. The number of hydrogen-bond acceptors (Lipinski definition) is 6. The molecule has 1 fully saturated rings. The van der Waals surface area contributed by atoms with E-state index in [0.717, 1.165) is 36.1 Å². The van der Waals surface area contributed by atoms with Crippen LogP contribution >= 0.6 is 0 Å². The minimum absolute atomic E-state index is 0.0167. The van der Waals surface area contributed by atoms with Crippen LogP contribution in [0.5, 0.6) is 0 Å². The highest BCUT2D eigenvalue weighted by Crippen LogP contribution is 2.45. The van der Waals surface area contributed by atoms with Gasteiger partial charge in [0, 0.05) is 18.2 Å². The first-order valence-corrected chi connectivity index (χ1v) is 18.6. The number of nitrogens with one attached hydrogen (secondary N) is 1. The van der Waals surface area contributed by atoms with Crippen LogP contribution in [0.3, 0.4) is 0 Å². The molecular formula is C30H42N4O4SSi. The van der Waals surface area contributed by atoms with Gasteiger partial charge in [-0.05, 0) is 67.4 Å². The van der Waals surface area contributed by atoms with Crippen LogP contribution in [0.2, 0.25) is 18.1 Å². The summed E-state index contributed by atoms with van der Waals surface area (Å²) < 4.78 is 43.0. The van der Waals surface area contributed by atoms with E-state index in [2.05, 4.69) is 90.2 Å². The largest absolute Gasteiger partial charge is 0.413 e. The van der Waals surface area contributed by atoms with E-state index in [4.69, 9.17) is 4.43 Å². The lowest BCUT2D eigenvalue weighted by molar-refractivity contribution is 0.157. The van der Waals surface area contributed by atoms with E-state index in [9.17, 15) is 13.0 Å². The summed E-state index contributed by atoms with van der Waals surface area (Å²) in [5.41, 5.74) is 3.57. The van der Waals surface area contributed by atoms with Gasteiger partial charge in [-0.1, -0.05) is 58.0 Å². The van der Waals surface area contributed by atoms with Crippen LogP contribution in [0.1, 0.15) is 76.6 Å². The minimum Gasteiger partial charge on any atom is -0.413 e.